The molecular formula is C16H16BrFO2. The Hall–Kier alpha value is -1.39. The van der Waals surface area contributed by atoms with Crippen LogP contribution in [0.3, 0.4) is 0 Å². The van der Waals surface area contributed by atoms with Crippen LogP contribution in [0.5, 0.6) is 5.75 Å². The van der Waals surface area contributed by atoms with Gasteiger partial charge < -0.3 is 9.84 Å². The Morgan fingerprint density at radius 1 is 1.30 bits per heavy atom. The molecule has 2 aromatic rings. The maximum atomic E-state index is 13.6. The van der Waals surface area contributed by atoms with Crippen LogP contribution in [0.4, 0.5) is 4.39 Å². The highest BCUT2D eigenvalue weighted by molar-refractivity contribution is 9.10. The zero-order valence-corrected chi connectivity index (χ0v) is 12.9. The minimum Gasteiger partial charge on any atom is -0.494 e. The first-order chi connectivity index (χ1) is 9.52. The fourth-order valence-electron chi connectivity index (χ4n) is 2.10. The van der Waals surface area contributed by atoms with Crippen LogP contribution in [-0.4, -0.2) is 12.2 Å². The summed E-state index contributed by atoms with van der Waals surface area (Å²) in [6.07, 6.45) is -0.333. The van der Waals surface area contributed by atoms with E-state index >= 15 is 0 Å². The molecule has 2 rings (SSSR count). The number of rotatable bonds is 4. The van der Waals surface area contributed by atoms with Crippen LogP contribution in [0.1, 0.15) is 22.8 Å². The number of benzene rings is 2. The van der Waals surface area contributed by atoms with E-state index in [2.05, 4.69) is 15.9 Å². The Balaban J connectivity index is 2.21. The van der Waals surface area contributed by atoms with Gasteiger partial charge in [0.05, 0.1) is 13.2 Å². The van der Waals surface area contributed by atoms with Crippen LogP contribution in [0, 0.1) is 12.7 Å². The van der Waals surface area contributed by atoms with E-state index in [4.69, 9.17) is 4.74 Å². The number of ether oxygens (including phenoxy) is 1. The molecule has 2 aromatic carbocycles. The van der Waals surface area contributed by atoms with Gasteiger partial charge in [-0.3, -0.25) is 0 Å². The zero-order valence-electron chi connectivity index (χ0n) is 11.4. The number of hydrogen-bond donors (Lipinski definition) is 1. The summed E-state index contributed by atoms with van der Waals surface area (Å²) in [5.74, 6) is -0.208. The molecule has 0 aromatic heterocycles. The number of aliphatic hydroxyl groups is 1. The second-order valence-electron chi connectivity index (χ2n) is 4.67. The number of hydrogen-bond acceptors (Lipinski definition) is 2. The largest absolute Gasteiger partial charge is 0.494 e. The first-order valence-electron chi connectivity index (χ1n) is 6.28. The summed E-state index contributed by atoms with van der Waals surface area (Å²) in [5.41, 5.74) is 2.59. The van der Waals surface area contributed by atoms with Crippen molar-refractivity contribution in [3.8, 4) is 5.75 Å². The van der Waals surface area contributed by atoms with Crippen molar-refractivity contribution in [1.29, 1.82) is 0 Å². The molecule has 0 amide bonds. The van der Waals surface area contributed by atoms with Crippen molar-refractivity contribution in [3.63, 3.8) is 0 Å². The predicted octanol–water partition coefficient (Wildman–Crippen LogP) is 4.18. The van der Waals surface area contributed by atoms with Gasteiger partial charge in [-0.05, 0) is 35.7 Å². The molecule has 1 unspecified atom stereocenters. The third kappa shape index (κ3) is 3.19. The van der Waals surface area contributed by atoms with Gasteiger partial charge in [-0.25, -0.2) is 4.39 Å². The van der Waals surface area contributed by atoms with Crippen molar-refractivity contribution in [2.75, 3.05) is 7.11 Å². The molecule has 0 aliphatic rings. The minimum absolute atomic E-state index is 0.208. The van der Waals surface area contributed by atoms with E-state index in [-0.39, 0.29) is 5.75 Å². The third-order valence-corrected chi connectivity index (χ3v) is 4.31. The predicted molar refractivity (Wildman–Crippen MR) is 80.5 cm³/mol. The summed E-state index contributed by atoms with van der Waals surface area (Å²) in [6.45, 7) is 1.97. The Morgan fingerprint density at radius 3 is 2.70 bits per heavy atom. The van der Waals surface area contributed by atoms with E-state index < -0.39 is 11.9 Å². The molecule has 1 atom stereocenters. The highest BCUT2D eigenvalue weighted by atomic mass is 79.9. The van der Waals surface area contributed by atoms with E-state index in [1.807, 2.05) is 25.1 Å². The van der Waals surface area contributed by atoms with Crippen LogP contribution < -0.4 is 4.74 Å². The van der Waals surface area contributed by atoms with E-state index in [1.54, 1.807) is 12.1 Å². The average molecular weight is 339 g/mol. The van der Waals surface area contributed by atoms with Gasteiger partial charge in [-0.15, -0.1) is 0 Å². The SMILES string of the molecule is COc1ccc(CC(O)c2cccc(C)c2Br)cc1F. The molecule has 0 fully saturated rings. The van der Waals surface area contributed by atoms with Gasteiger partial charge in [0.15, 0.2) is 11.6 Å². The summed E-state index contributed by atoms with van der Waals surface area (Å²) in [4.78, 5) is 0. The summed E-state index contributed by atoms with van der Waals surface area (Å²) in [7, 11) is 1.43. The first kappa shape index (κ1) is 15.0. The van der Waals surface area contributed by atoms with Crippen molar-refractivity contribution in [2.24, 2.45) is 0 Å². The highest BCUT2D eigenvalue weighted by Gasteiger charge is 2.14. The molecule has 2 nitrogen and oxygen atoms in total. The third-order valence-electron chi connectivity index (χ3n) is 3.23. The second-order valence-corrected chi connectivity index (χ2v) is 5.46. The van der Waals surface area contributed by atoms with Crippen LogP contribution >= 0.6 is 15.9 Å². The van der Waals surface area contributed by atoms with Crippen molar-refractivity contribution in [2.45, 2.75) is 19.4 Å². The van der Waals surface area contributed by atoms with E-state index in [0.717, 1.165) is 21.2 Å². The molecule has 0 radical (unpaired) electrons. The van der Waals surface area contributed by atoms with Gasteiger partial charge in [0, 0.05) is 10.9 Å². The highest BCUT2D eigenvalue weighted by Crippen LogP contribution is 2.29. The molecular weight excluding hydrogens is 323 g/mol. The lowest BCUT2D eigenvalue weighted by atomic mass is 10.00. The molecule has 0 saturated carbocycles. The van der Waals surface area contributed by atoms with Crippen molar-refractivity contribution >= 4 is 15.9 Å². The van der Waals surface area contributed by atoms with E-state index in [0.29, 0.717) is 6.42 Å². The van der Waals surface area contributed by atoms with Gasteiger partial charge in [0.25, 0.3) is 0 Å². The molecule has 0 aliphatic heterocycles. The smallest absolute Gasteiger partial charge is 0.165 e. The van der Waals surface area contributed by atoms with Crippen LogP contribution in [0.15, 0.2) is 40.9 Å². The Bertz CT molecular complexity index is 613. The molecule has 0 aliphatic carbocycles. The molecule has 0 spiro atoms. The Morgan fingerprint density at radius 2 is 2.05 bits per heavy atom. The minimum atomic E-state index is -0.683. The maximum Gasteiger partial charge on any atom is 0.165 e. The van der Waals surface area contributed by atoms with E-state index in [1.165, 1.54) is 13.2 Å². The molecule has 20 heavy (non-hydrogen) atoms. The molecule has 0 saturated heterocycles. The summed E-state index contributed by atoms with van der Waals surface area (Å²) in [5, 5.41) is 10.3. The molecule has 0 bridgehead atoms. The average Bonchev–Trinajstić information content (AvgIpc) is 2.42. The fraction of sp³-hybridized carbons (Fsp3) is 0.250. The van der Waals surface area contributed by atoms with Gasteiger partial charge in [0.1, 0.15) is 0 Å². The zero-order chi connectivity index (χ0) is 14.7. The summed E-state index contributed by atoms with van der Waals surface area (Å²) in [6, 6.07) is 10.4. The van der Waals surface area contributed by atoms with Gasteiger partial charge in [-0.2, -0.15) is 0 Å². The maximum absolute atomic E-state index is 13.6. The van der Waals surface area contributed by atoms with Crippen molar-refractivity contribution in [1.82, 2.24) is 0 Å². The quantitative estimate of drug-likeness (QED) is 0.905. The summed E-state index contributed by atoms with van der Waals surface area (Å²) >= 11 is 3.48. The summed E-state index contributed by atoms with van der Waals surface area (Å²) < 4.78 is 19.4. The van der Waals surface area contributed by atoms with Crippen LogP contribution in [0.25, 0.3) is 0 Å². The van der Waals surface area contributed by atoms with Crippen LogP contribution in [-0.2, 0) is 6.42 Å². The van der Waals surface area contributed by atoms with Gasteiger partial charge >= 0.3 is 0 Å². The van der Waals surface area contributed by atoms with Crippen molar-refractivity contribution in [3.05, 3.63) is 63.4 Å². The second kappa shape index (κ2) is 6.37. The van der Waals surface area contributed by atoms with E-state index in [9.17, 15) is 9.50 Å². The van der Waals surface area contributed by atoms with Gasteiger partial charge in [0.2, 0.25) is 0 Å². The standard InChI is InChI=1S/C16H16BrFO2/c1-10-4-3-5-12(16(10)17)14(19)9-11-6-7-15(20-2)13(18)8-11/h3-8,14,19H,9H2,1-2H3. The number of methoxy groups -OCH3 is 1. The molecule has 1 N–H and O–H groups in total. The Kier molecular flexibility index (Phi) is 4.78. The number of halogens is 2. The number of aliphatic hydroxyl groups excluding tert-OH is 1. The van der Waals surface area contributed by atoms with Gasteiger partial charge in [-0.1, -0.05) is 40.2 Å². The lowest BCUT2D eigenvalue weighted by molar-refractivity contribution is 0.177. The monoisotopic (exact) mass is 338 g/mol. The lowest BCUT2D eigenvalue weighted by Crippen LogP contribution is -2.04. The molecule has 106 valence electrons. The topological polar surface area (TPSA) is 29.5 Å². The van der Waals surface area contributed by atoms with Crippen LogP contribution in [0.2, 0.25) is 0 Å². The molecule has 0 heterocycles. The molecule has 4 heteroatoms. The van der Waals surface area contributed by atoms with Crippen molar-refractivity contribution < 1.29 is 14.2 Å². The first-order valence-corrected chi connectivity index (χ1v) is 7.07. The fourth-order valence-corrected chi connectivity index (χ4v) is 2.63. The lowest BCUT2D eigenvalue weighted by Gasteiger charge is -2.15. The Labute approximate surface area is 126 Å². The number of aryl methyl sites for hydroxylation is 1. The normalized spacial score (nSPS) is 12.2.